The highest BCUT2D eigenvalue weighted by Gasteiger charge is 2.45. The van der Waals surface area contributed by atoms with Gasteiger partial charge < -0.3 is 9.84 Å². The largest absolute Gasteiger partial charge is 0.509 e. The third-order valence-corrected chi connectivity index (χ3v) is 3.50. The molecule has 8 heteroatoms. The lowest BCUT2D eigenvalue weighted by atomic mass is 10.1. The molecule has 0 aliphatic carbocycles. The van der Waals surface area contributed by atoms with E-state index in [0.717, 1.165) is 0 Å². The molecule has 2 N–H and O–H groups in total. The Labute approximate surface area is 112 Å². The molecule has 15 heavy (non-hydrogen) atoms. The van der Waals surface area contributed by atoms with Crippen molar-refractivity contribution in [2.24, 2.45) is 0 Å². The zero-order valence-corrected chi connectivity index (χ0v) is 11.3. The molecule has 88 valence electrons. The van der Waals surface area contributed by atoms with Crippen LogP contribution in [-0.2, 0) is 4.74 Å². The van der Waals surface area contributed by atoms with Crippen molar-refractivity contribution in [2.75, 3.05) is 7.11 Å². The Kier molecular flexibility index (Phi) is 4.70. The number of hydrogen-bond acceptors (Lipinski definition) is 3. The molecule has 0 radical (unpaired) electrons. The summed E-state index contributed by atoms with van der Waals surface area (Å²) in [5.74, 6) is -0.250. The molecule has 0 aromatic carbocycles. The topological polar surface area (TPSA) is 41.5 Å². The maximum atomic E-state index is 9.60. The highest BCUT2D eigenvalue weighted by molar-refractivity contribution is 6.68. The molecule has 3 unspecified atom stereocenters. The molecular formula is C7H8Cl5NO2. The summed E-state index contributed by atoms with van der Waals surface area (Å²) in [4.78, 5) is 0. The second kappa shape index (κ2) is 5.05. The minimum atomic E-state index is -1.67. The maximum Gasteiger partial charge on any atom is 0.207 e. The van der Waals surface area contributed by atoms with Crippen LogP contribution in [0.2, 0.25) is 0 Å². The van der Waals surface area contributed by atoms with Crippen LogP contribution in [0, 0.1) is 0 Å². The Morgan fingerprint density at radius 2 is 1.93 bits per heavy atom. The fourth-order valence-electron chi connectivity index (χ4n) is 1.18. The summed E-state index contributed by atoms with van der Waals surface area (Å²) in [5, 5.41) is 11.5. The molecule has 0 amide bonds. The average molecular weight is 315 g/mol. The van der Waals surface area contributed by atoms with Gasteiger partial charge in [-0.05, 0) is 0 Å². The van der Waals surface area contributed by atoms with Crippen LogP contribution in [0.15, 0.2) is 10.8 Å². The monoisotopic (exact) mass is 313 g/mol. The standard InChI is InChI=1S/C7H8Cl5NO2/c1-15-6-3(9)4(14)2(8)5(13-6)7(10,11)12/h2,5-6,13-14H,1H3. The van der Waals surface area contributed by atoms with E-state index < -0.39 is 21.4 Å². The molecule has 1 heterocycles. The van der Waals surface area contributed by atoms with E-state index in [-0.39, 0.29) is 10.8 Å². The zero-order chi connectivity index (χ0) is 11.8. The molecule has 0 spiro atoms. The van der Waals surface area contributed by atoms with E-state index in [0.29, 0.717) is 0 Å². The lowest BCUT2D eigenvalue weighted by molar-refractivity contribution is 0.0832. The van der Waals surface area contributed by atoms with Crippen molar-refractivity contribution in [1.82, 2.24) is 5.32 Å². The smallest absolute Gasteiger partial charge is 0.207 e. The van der Waals surface area contributed by atoms with Gasteiger partial charge in [-0.1, -0.05) is 46.4 Å². The summed E-state index contributed by atoms with van der Waals surface area (Å²) in [6, 6.07) is -0.795. The number of methoxy groups -OCH3 is 1. The summed E-state index contributed by atoms with van der Waals surface area (Å²) in [6.07, 6.45) is -0.734. The first-order valence-corrected chi connectivity index (χ1v) is 5.82. The van der Waals surface area contributed by atoms with Gasteiger partial charge in [-0.2, -0.15) is 0 Å². The van der Waals surface area contributed by atoms with Gasteiger partial charge in [0.25, 0.3) is 0 Å². The lowest BCUT2D eigenvalue weighted by Gasteiger charge is -2.36. The van der Waals surface area contributed by atoms with Crippen LogP contribution in [0.4, 0.5) is 0 Å². The fraction of sp³-hybridized carbons (Fsp3) is 0.714. The lowest BCUT2D eigenvalue weighted by Crippen LogP contribution is -2.56. The molecule has 0 saturated carbocycles. The number of halogens is 5. The average Bonchev–Trinajstić information content (AvgIpc) is 2.13. The van der Waals surface area contributed by atoms with Gasteiger partial charge in [0.15, 0.2) is 0 Å². The first-order valence-electron chi connectivity index (χ1n) is 3.87. The number of ether oxygens (including phenoxy) is 1. The van der Waals surface area contributed by atoms with Crippen LogP contribution < -0.4 is 5.32 Å². The third-order valence-electron chi connectivity index (χ3n) is 1.95. The first kappa shape index (κ1) is 14.0. The predicted molar refractivity (Wildman–Crippen MR) is 63.2 cm³/mol. The normalized spacial score (nSPS) is 33.3. The van der Waals surface area contributed by atoms with Gasteiger partial charge >= 0.3 is 0 Å². The van der Waals surface area contributed by atoms with Gasteiger partial charge in [0.05, 0.1) is 6.04 Å². The van der Waals surface area contributed by atoms with E-state index >= 15 is 0 Å². The predicted octanol–water partition coefficient (Wildman–Crippen LogP) is 2.92. The van der Waals surface area contributed by atoms with Crippen LogP contribution in [0.1, 0.15) is 0 Å². The number of alkyl halides is 4. The van der Waals surface area contributed by atoms with Gasteiger partial charge in [0.1, 0.15) is 22.4 Å². The van der Waals surface area contributed by atoms with E-state index in [4.69, 9.17) is 62.7 Å². The number of hydrogen-bond donors (Lipinski definition) is 2. The van der Waals surface area contributed by atoms with Crippen LogP contribution in [-0.4, -0.2) is 33.7 Å². The number of aliphatic hydroxyl groups is 1. The van der Waals surface area contributed by atoms with Crippen molar-refractivity contribution < 1.29 is 9.84 Å². The van der Waals surface area contributed by atoms with E-state index in [9.17, 15) is 5.11 Å². The minimum absolute atomic E-state index is 0.0583. The van der Waals surface area contributed by atoms with Crippen molar-refractivity contribution in [2.45, 2.75) is 21.4 Å². The highest BCUT2D eigenvalue weighted by Crippen LogP contribution is 2.39. The second-order valence-corrected chi connectivity index (χ2v) is 6.18. The van der Waals surface area contributed by atoms with Crippen molar-refractivity contribution in [3.8, 4) is 0 Å². The van der Waals surface area contributed by atoms with Crippen LogP contribution >= 0.6 is 58.0 Å². The van der Waals surface area contributed by atoms with E-state index in [1.807, 2.05) is 0 Å². The van der Waals surface area contributed by atoms with Gasteiger partial charge in [0.2, 0.25) is 3.79 Å². The molecule has 0 aromatic heterocycles. The van der Waals surface area contributed by atoms with Gasteiger partial charge in [-0.15, -0.1) is 11.6 Å². The highest BCUT2D eigenvalue weighted by atomic mass is 35.6. The number of rotatable bonds is 1. The Morgan fingerprint density at radius 1 is 1.40 bits per heavy atom. The summed E-state index contributed by atoms with van der Waals surface area (Å²) in [5.41, 5.74) is 0. The quantitative estimate of drug-likeness (QED) is 0.731. The SMILES string of the molecule is COC1NC(C(Cl)(Cl)Cl)C(Cl)C(O)=C1Cl. The summed E-state index contributed by atoms with van der Waals surface area (Å²) >= 11 is 28.7. The zero-order valence-electron chi connectivity index (χ0n) is 7.48. The second-order valence-electron chi connectivity index (χ2n) is 2.94. The summed E-state index contributed by atoms with van der Waals surface area (Å²) in [7, 11) is 1.40. The van der Waals surface area contributed by atoms with E-state index in [2.05, 4.69) is 5.32 Å². The fourth-order valence-corrected chi connectivity index (χ4v) is 2.64. The molecular weight excluding hydrogens is 307 g/mol. The molecule has 0 fully saturated rings. The molecule has 1 aliphatic rings. The molecule has 1 aliphatic heterocycles. The molecule has 0 aromatic rings. The third kappa shape index (κ3) is 2.97. The van der Waals surface area contributed by atoms with Gasteiger partial charge in [0, 0.05) is 7.11 Å². The van der Waals surface area contributed by atoms with Gasteiger partial charge in [-0.3, -0.25) is 5.32 Å². The Morgan fingerprint density at radius 3 is 2.33 bits per heavy atom. The van der Waals surface area contributed by atoms with Crippen molar-refractivity contribution in [3.63, 3.8) is 0 Å². The molecule has 3 atom stereocenters. The van der Waals surface area contributed by atoms with E-state index in [1.54, 1.807) is 0 Å². The minimum Gasteiger partial charge on any atom is -0.509 e. The van der Waals surface area contributed by atoms with Crippen LogP contribution in [0.3, 0.4) is 0 Å². The van der Waals surface area contributed by atoms with Crippen molar-refractivity contribution >= 4 is 58.0 Å². The molecule has 0 saturated heterocycles. The summed E-state index contributed by atoms with van der Waals surface area (Å²) in [6.45, 7) is 0. The maximum absolute atomic E-state index is 9.60. The summed E-state index contributed by atoms with van der Waals surface area (Å²) < 4.78 is 3.28. The Balaban J connectivity index is 3.00. The van der Waals surface area contributed by atoms with E-state index in [1.165, 1.54) is 7.11 Å². The van der Waals surface area contributed by atoms with Crippen LogP contribution in [0.25, 0.3) is 0 Å². The van der Waals surface area contributed by atoms with Gasteiger partial charge in [-0.25, -0.2) is 0 Å². The van der Waals surface area contributed by atoms with Crippen molar-refractivity contribution in [1.29, 1.82) is 0 Å². The molecule has 0 bridgehead atoms. The molecule has 3 nitrogen and oxygen atoms in total. The van der Waals surface area contributed by atoms with Crippen LogP contribution in [0.5, 0.6) is 0 Å². The van der Waals surface area contributed by atoms with Crippen molar-refractivity contribution in [3.05, 3.63) is 10.8 Å². The number of aliphatic hydroxyl groups excluding tert-OH is 1. The first-order chi connectivity index (χ1) is 6.79. The number of nitrogens with one attached hydrogen (secondary N) is 1. The Hall–Kier alpha value is 0.910. The molecule has 1 rings (SSSR count). The Bertz CT molecular complexity index is 277.